The molecule has 3 aromatic rings. The van der Waals surface area contributed by atoms with Gasteiger partial charge in [0.2, 0.25) is 0 Å². The molecule has 1 aromatic heterocycles. The lowest BCUT2D eigenvalue weighted by Gasteiger charge is -2.11. The van der Waals surface area contributed by atoms with Crippen LogP contribution in [0.1, 0.15) is 35.8 Å². The minimum Gasteiger partial charge on any atom is -0.461 e. The number of nitrogens with zero attached hydrogens (tertiary/aromatic N) is 2. The van der Waals surface area contributed by atoms with Crippen molar-refractivity contribution in [3.8, 4) is 0 Å². The molecule has 0 spiro atoms. The number of esters is 1. The lowest BCUT2D eigenvalue weighted by Crippen LogP contribution is -2.13. The normalized spacial score (nSPS) is 10.8. The molecule has 0 unspecified atom stereocenters. The average molecular weight is 352 g/mol. The van der Waals surface area contributed by atoms with E-state index in [4.69, 9.17) is 4.74 Å². The fourth-order valence-corrected chi connectivity index (χ4v) is 2.86. The monoisotopic (exact) mass is 352 g/mol. The van der Waals surface area contributed by atoms with Gasteiger partial charge in [0.25, 0.3) is 5.69 Å². The van der Waals surface area contributed by atoms with Gasteiger partial charge in [-0.15, -0.1) is 0 Å². The molecule has 0 saturated carbocycles. The second-order valence-corrected chi connectivity index (χ2v) is 6.09. The largest absolute Gasteiger partial charge is 0.461 e. The molecule has 0 aliphatic heterocycles. The highest BCUT2D eigenvalue weighted by Crippen LogP contribution is 2.26. The minimum atomic E-state index is -0.437. The summed E-state index contributed by atoms with van der Waals surface area (Å²) in [4.78, 5) is 23.1. The highest BCUT2D eigenvalue weighted by Gasteiger charge is 2.19. The van der Waals surface area contributed by atoms with Crippen LogP contribution >= 0.6 is 0 Å². The van der Waals surface area contributed by atoms with E-state index in [1.54, 1.807) is 12.1 Å². The zero-order valence-corrected chi connectivity index (χ0v) is 14.6. The van der Waals surface area contributed by atoms with Crippen molar-refractivity contribution in [1.82, 2.24) is 4.57 Å². The van der Waals surface area contributed by atoms with Gasteiger partial charge in [-0.05, 0) is 24.1 Å². The van der Waals surface area contributed by atoms with Gasteiger partial charge in [-0.25, -0.2) is 4.79 Å². The molecule has 26 heavy (non-hydrogen) atoms. The van der Waals surface area contributed by atoms with E-state index in [-0.39, 0.29) is 5.69 Å². The Morgan fingerprint density at radius 3 is 2.62 bits per heavy atom. The number of aromatic nitrogens is 1. The third-order valence-corrected chi connectivity index (χ3v) is 4.22. The Labute approximate surface area is 151 Å². The first-order chi connectivity index (χ1) is 12.6. The van der Waals surface area contributed by atoms with Crippen LogP contribution in [0, 0.1) is 10.1 Å². The molecule has 1 heterocycles. The first kappa shape index (κ1) is 17.7. The number of non-ortho nitro benzene ring substituents is 1. The maximum absolute atomic E-state index is 12.5. The molecule has 134 valence electrons. The molecular weight excluding hydrogens is 332 g/mol. The number of hydrogen-bond acceptors (Lipinski definition) is 4. The van der Waals surface area contributed by atoms with Gasteiger partial charge >= 0.3 is 5.97 Å². The Kier molecular flexibility index (Phi) is 5.31. The van der Waals surface area contributed by atoms with Crippen LogP contribution in [-0.4, -0.2) is 22.1 Å². The Hall–Kier alpha value is -3.15. The van der Waals surface area contributed by atoms with Crippen LogP contribution in [0.4, 0.5) is 5.69 Å². The molecule has 0 radical (unpaired) electrons. The minimum absolute atomic E-state index is 0.000242. The van der Waals surface area contributed by atoms with E-state index in [2.05, 4.69) is 0 Å². The molecule has 0 fully saturated rings. The van der Waals surface area contributed by atoms with Crippen molar-refractivity contribution < 1.29 is 14.5 Å². The SMILES string of the molecule is CCCCOC(=O)c1cc2cc([N+](=O)[O-])ccc2n1Cc1ccccc1. The number of ether oxygens (including phenoxy) is 1. The molecule has 3 rings (SSSR count). The van der Waals surface area contributed by atoms with Crippen molar-refractivity contribution in [2.75, 3.05) is 6.61 Å². The zero-order valence-electron chi connectivity index (χ0n) is 14.6. The molecule has 0 saturated heterocycles. The quantitative estimate of drug-likeness (QED) is 0.270. The van der Waals surface area contributed by atoms with E-state index < -0.39 is 10.9 Å². The van der Waals surface area contributed by atoms with E-state index in [1.165, 1.54) is 12.1 Å². The van der Waals surface area contributed by atoms with Crippen LogP contribution in [0.3, 0.4) is 0 Å². The fourth-order valence-electron chi connectivity index (χ4n) is 2.86. The summed E-state index contributed by atoms with van der Waals surface area (Å²) < 4.78 is 7.21. The molecule has 0 bridgehead atoms. The van der Waals surface area contributed by atoms with Gasteiger partial charge in [-0.1, -0.05) is 43.7 Å². The number of hydrogen-bond donors (Lipinski definition) is 0. The zero-order chi connectivity index (χ0) is 18.5. The van der Waals surface area contributed by atoms with E-state index in [0.717, 1.165) is 23.9 Å². The number of rotatable bonds is 7. The summed E-state index contributed by atoms with van der Waals surface area (Å²) in [5, 5.41) is 11.7. The van der Waals surface area contributed by atoms with Gasteiger partial charge in [0.1, 0.15) is 5.69 Å². The Bertz CT molecular complexity index is 932. The predicted molar refractivity (Wildman–Crippen MR) is 99.3 cm³/mol. The molecule has 0 aliphatic carbocycles. The number of benzene rings is 2. The smallest absolute Gasteiger partial charge is 0.354 e. The maximum Gasteiger partial charge on any atom is 0.354 e. The number of carbonyl (C=O) groups is 1. The fraction of sp³-hybridized carbons (Fsp3) is 0.250. The second kappa shape index (κ2) is 7.82. The predicted octanol–water partition coefficient (Wildman–Crippen LogP) is 4.55. The van der Waals surface area contributed by atoms with Crippen LogP contribution in [0.2, 0.25) is 0 Å². The van der Waals surface area contributed by atoms with Crippen molar-refractivity contribution in [2.45, 2.75) is 26.3 Å². The number of unbranched alkanes of at least 4 members (excludes halogenated alkanes) is 1. The summed E-state index contributed by atoms with van der Waals surface area (Å²) in [5.41, 5.74) is 2.20. The summed E-state index contributed by atoms with van der Waals surface area (Å²) in [6.45, 7) is 2.88. The molecular formula is C20H20N2O4. The van der Waals surface area contributed by atoms with E-state index in [0.29, 0.717) is 24.2 Å². The standard InChI is InChI=1S/C20H20N2O4/c1-2-3-11-26-20(23)19-13-16-12-17(22(24)25)9-10-18(16)21(19)14-15-7-5-4-6-8-15/h4-10,12-13H,2-3,11,14H2,1H3. The summed E-state index contributed by atoms with van der Waals surface area (Å²) in [6, 6.07) is 16.0. The van der Waals surface area contributed by atoms with Gasteiger partial charge < -0.3 is 9.30 Å². The molecule has 2 aromatic carbocycles. The first-order valence-electron chi connectivity index (χ1n) is 8.59. The van der Waals surface area contributed by atoms with E-state index in [9.17, 15) is 14.9 Å². The molecule has 0 atom stereocenters. The van der Waals surface area contributed by atoms with Crippen LogP contribution in [0.5, 0.6) is 0 Å². The summed E-state index contributed by atoms with van der Waals surface area (Å²) in [5.74, 6) is -0.409. The molecule has 6 nitrogen and oxygen atoms in total. The third kappa shape index (κ3) is 3.74. The van der Waals surface area contributed by atoms with Crippen molar-refractivity contribution in [1.29, 1.82) is 0 Å². The van der Waals surface area contributed by atoms with E-state index >= 15 is 0 Å². The van der Waals surface area contributed by atoms with Gasteiger partial charge in [0.15, 0.2) is 0 Å². The lowest BCUT2D eigenvalue weighted by atomic mass is 10.2. The van der Waals surface area contributed by atoms with Crippen LogP contribution < -0.4 is 0 Å². The summed E-state index contributed by atoms with van der Waals surface area (Å²) in [6.07, 6.45) is 1.74. The first-order valence-corrected chi connectivity index (χ1v) is 8.59. The maximum atomic E-state index is 12.5. The highest BCUT2D eigenvalue weighted by atomic mass is 16.6. The summed E-state index contributed by atoms with van der Waals surface area (Å²) >= 11 is 0. The van der Waals surface area contributed by atoms with Crippen molar-refractivity contribution in [2.24, 2.45) is 0 Å². The van der Waals surface area contributed by atoms with Crippen LogP contribution in [0.15, 0.2) is 54.6 Å². The molecule has 0 aliphatic rings. The topological polar surface area (TPSA) is 74.4 Å². The number of nitro groups is 1. The Balaban J connectivity index is 2.03. The summed E-state index contributed by atoms with van der Waals surface area (Å²) in [7, 11) is 0. The third-order valence-electron chi connectivity index (χ3n) is 4.22. The number of carbonyl (C=O) groups excluding carboxylic acids is 1. The van der Waals surface area contributed by atoms with Gasteiger partial charge in [-0.2, -0.15) is 0 Å². The van der Waals surface area contributed by atoms with Gasteiger partial charge in [-0.3, -0.25) is 10.1 Å². The van der Waals surface area contributed by atoms with Crippen LogP contribution in [0.25, 0.3) is 10.9 Å². The molecule has 0 N–H and O–H groups in total. The molecule has 6 heteroatoms. The van der Waals surface area contributed by atoms with Gasteiger partial charge in [0, 0.05) is 29.6 Å². The highest BCUT2D eigenvalue weighted by molar-refractivity contribution is 5.96. The van der Waals surface area contributed by atoms with Crippen molar-refractivity contribution in [3.63, 3.8) is 0 Å². The second-order valence-electron chi connectivity index (χ2n) is 6.09. The van der Waals surface area contributed by atoms with E-state index in [1.807, 2.05) is 41.8 Å². The number of nitro benzene ring substituents is 1. The van der Waals surface area contributed by atoms with Crippen molar-refractivity contribution in [3.05, 3.63) is 76.0 Å². The van der Waals surface area contributed by atoms with Crippen LogP contribution in [-0.2, 0) is 11.3 Å². The number of fused-ring (bicyclic) bond motifs is 1. The average Bonchev–Trinajstić information content (AvgIpc) is 3.00. The Morgan fingerprint density at radius 1 is 1.15 bits per heavy atom. The van der Waals surface area contributed by atoms with Gasteiger partial charge in [0.05, 0.1) is 11.5 Å². The lowest BCUT2D eigenvalue weighted by molar-refractivity contribution is -0.384. The van der Waals surface area contributed by atoms with Crippen molar-refractivity contribution >= 4 is 22.6 Å². The molecule has 0 amide bonds. The Morgan fingerprint density at radius 2 is 1.92 bits per heavy atom.